The third-order valence-corrected chi connectivity index (χ3v) is 3.96. The molecule has 1 aromatic carbocycles. The van der Waals surface area contributed by atoms with Gasteiger partial charge in [-0.05, 0) is 31.2 Å². The van der Waals surface area contributed by atoms with Crippen molar-refractivity contribution in [2.24, 2.45) is 11.7 Å². The third kappa shape index (κ3) is 3.71. The van der Waals surface area contributed by atoms with Gasteiger partial charge in [-0.25, -0.2) is 0 Å². The Morgan fingerprint density at radius 2 is 1.67 bits per heavy atom. The molecule has 3 N–H and O–H groups in total. The molecule has 0 radical (unpaired) electrons. The molecule has 0 saturated heterocycles. The standard InChI is InChI=1S/C15H23NO.ClH/c1-11-7-9-12(10-8-11)14(16)15(17)13-5-3-2-4-6-13;/h7-10,13-15,17H,2-6,16H2,1H3;1H/t14-,15+;/m0./s1. The van der Waals surface area contributed by atoms with Crippen LogP contribution >= 0.6 is 12.4 Å². The summed E-state index contributed by atoms with van der Waals surface area (Å²) in [6.07, 6.45) is 5.65. The second-order valence-corrected chi connectivity index (χ2v) is 5.33. The molecule has 0 amide bonds. The van der Waals surface area contributed by atoms with Crippen LogP contribution in [0.3, 0.4) is 0 Å². The van der Waals surface area contributed by atoms with Gasteiger partial charge in [-0.2, -0.15) is 0 Å². The Morgan fingerprint density at radius 3 is 2.22 bits per heavy atom. The smallest absolute Gasteiger partial charge is 0.0760 e. The topological polar surface area (TPSA) is 46.2 Å². The average molecular weight is 270 g/mol. The van der Waals surface area contributed by atoms with E-state index in [4.69, 9.17) is 5.73 Å². The minimum absolute atomic E-state index is 0. The van der Waals surface area contributed by atoms with Crippen LogP contribution in [0, 0.1) is 12.8 Å². The summed E-state index contributed by atoms with van der Waals surface area (Å²) in [7, 11) is 0. The van der Waals surface area contributed by atoms with Crippen molar-refractivity contribution in [3.63, 3.8) is 0 Å². The van der Waals surface area contributed by atoms with Gasteiger partial charge < -0.3 is 10.8 Å². The van der Waals surface area contributed by atoms with Crippen LogP contribution in [0.2, 0.25) is 0 Å². The minimum Gasteiger partial charge on any atom is -0.391 e. The fourth-order valence-corrected chi connectivity index (χ4v) is 2.75. The van der Waals surface area contributed by atoms with Crippen LogP contribution in [0.1, 0.15) is 49.3 Å². The largest absolute Gasteiger partial charge is 0.391 e. The molecule has 18 heavy (non-hydrogen) atoms. The zero-order valence-electron chi connectivity index (χ0n) is 11.0. The van der Waals surface area contributed by atoms with Crippen molar-refractivity contribution in [3.05, 3.63) is 35.4 Å². The summed E-state index contributed by atoms with van der Waals surface area (Å²) in [6.45, 7) is 2.06. The number of nitrogens with two attached hydrogens (primary N) is 1. The highest BCUT2D eigenvalue weighted by atomic mass is 35.5. The van der Waals surface area contributed by atoms with E-state index in [1.807, 2.05) is 12.1 Å². The quantitative estimate of drug-likeness (QED) is 0.884. The van der Waals surface area contributed by atoms with Gasteiger partial charge >= 0.3 is 0 Å². The summed E-state index contributed by atoms with van der Waals surface area (Å²) in [5.41, 5.74) is 8.45. The number of hydrogen-bond acceptors (Lipinski definition) is 2. The summed E-state index contributed by atoms with van der Waals surface area (Å²) >= 11 is 0. The van der Waals surface area contributed by atoms with Crippen molar-refractivity contribution in [1.82, 2.24) is 0 Å². The average Bonchev–Trinajstić information content (AvgIpc) is 2.39. The van der Waals surface area contributed by atoms with Crippen LogP contribution in [0.4, 0.5) is 0 Å². The first-order valence-electron chi connectivity index (χ1n) is 6.68. The molecule has 3 heteroatoms. The fourth-order valence-electron chi connectivity index (χ4n) is 2.75. The summed E-state index contributed by atoms with van der Waals surface area (Å²) in [4.78, 5) is 0. The Bertz CT molecular complexity index is 346. The molecule has 0 spiro atoms. The zero-order valence-corrected chi connectivity index (χ0v) is 11.8. The van der Waals surface area contributed by atoms with Crippen LogP contribution in [0.25, 0.3) is 0 Å². The summed E-state index contributed by atoms with van der Waals surface area (Å²) < 4.78 is 0. The lowest BCUT2D eigenvalue weighted by molar-refractivity contribution is 0.0618. The van der Waals surface area contributed by atoms with E-state index in [0.717, 1.165) is 18.4 Å². The molecule has 0 heterocycles. The zero-order chi connectivity index (χ0) is 12.3. The Labute approximate surface area is 116 Å². The molecular formula is C15H24ClNO. The van der Waals surface area contributed by atoms with Crippen LogP contribution in [-0.4, -0.2) is 11.2 Å². The van der Waals surface area contributed by atoms with Crippen LogP contribution < -0.4 is 5.73 Å². The van der Waals surface area contributed by atoms with E-state index < -0.39 is 6.10 Å². The van der Waals surface area contributed by atoms with E-state index in [0.29, 0.717) is 5.92 Å². The van der Waals surface area contributed by atoms with Crippen LogP contribution in [0.5, 0.6) is 0 Å². The van der Waals surface area contributed by atoms with Gasteiger partial charge in [0.05, 0.1) is 12.1 Å². The maximum atomic E-state index is 10.3. The van der Waals surface area contributed by atoms with E-state index in [-0.39, 0.29) is 18.4 Å². The van der Waals surface area contributed by atoms with Crippen LogP contribution in [-0.2, 0) is 0 Å². The first-order chi connectivity index (χ1) is 8.18. The first kappa shape index (κ1) is 15.5. The maximum absolute atomic E-state index is 10.3. The Hall–Kier alpha value is -0.570. The lowest BCUT2D eigenvalue weighted by Gasteiger charge is -2.30. The summed E-state index contributed by atoms with van der Waals surface area (Å²) in [6, 6.07) is 7.95. The summed E-state index contributed by atoms with van der Waals surface area (Å²) in [5, 5.41) is 10.3. The SMILES string of the molecule is Cc1ccc([C@H](N)[C@H](O)C2CCCCC2)cc1.Cl. The Morgan fingerprint density at radius 1 is 1.11 bits per heavy atom. The van der Waals surface area contributed by atoms with E-state index >= 15 is 0 Å². The predicted molar refractivity (Wildman–Crippen MR) is 77.9 cm³/mol. The predicted octanol–water partition coefficient (Wildman–Crippen LogP) is 3.36. The lowest BCUT2D eigenvalue weighted by Crippen LogP contribution is -2.34. The fraction of sp³-hybridized carbons (Fsp3) is 0.600. The highest BCUT2D eigenvalue weighted by Gasteiger charge is 2.27. The molecule has 102 valence electrons. The molecule has 0 aromatic heterocycles. The van der Waals surface area contributed by atoms with Gasteiger partial charge in [0.1, 0.15) is 0 Å². The number of benzene rings is 1. The molecule has 0 bridgehead atoms. The van der Waals surface area contributed by atoms with Crippen LogP contribution in [0.15, 0.2) is 24.3 Å². The molecule has 1 saturated carbocycles. The number of rotatable bonds is 3. The van der Waals surface area contributed by atoms with E-state index in [9.17, 15) is 5.11 Å². The van der Waals surface area contributed by atoms with Crippen molar-refractivity contribution in [1.29, 1.82) is 0 Å². The van der Waals surface area contributed by atoms with Gasteiger partial charge in [0.2, 0.25) is 0 Å². The molecule has 0 aliphatic heterocycles. The Kier molecular flexibility index (Phi) is 6.13. The molecule has 2 rings (SSSR count). The van der Waals surface area contributed by atoms with Crippen molar-refractivity contribution in [2.75, 3.05) is 0 Å². The van der Waals surface area contributed by atoms with Crippen molar-refractivity contribution < 1.29 is 5.11 Å². The Balaban J connectivity index is 0.00000162. The van der Waals surface area contributed by atoms with Gasteiger partial charge in [-0.3, -0.25) is 0 Å². The number of aliphatic hydroxyl groups excluding tert-OH is 1. The second kappa shape index (κ2) is 7.13. The molecule has 0 unspecified atom stereocenters. The van der Waals surface area contributed by atoms with Gasteiger partial charge in [-0.1, -0.05) is 49.1 Å². The first-order valence-corrected chi connectivity index (χ1v) is 6.68. The summed E-state index contributed by atoms with van der Waals surface area (Å²) in [5.74, 6) is 0.389. The lowest BCUT2D eigenvalue weighted by atomic mass is 9.81. The third-order valence-electron chi connectivity index (χ3n) is 3.96. The van der Waals surface area contributed by atoms with E-state index in [2.05, 4.69) is 19.1 Å². The second-order valence-electron chi connectivity index (χ2n) is 5.33. The van der Waals surface area contributed by atoms with Gasteiger partial charge in [0.25, 0.3) is 0 Å². The number of hydrogen-bond donors (Lipinski definition) is 2. The molecular weight excluding hydrogens is 246 g/mol. The highest BCUT2D eigenvalue weighted by Crippen LogP contribution is 2.31. The molecule has 1 aliphatic rings. The van der Waals surface area contributed by atoms with Gasteiger partial charge in [0.15, 0.2) is 0 Å². The number of halogens is 1. The van der Waals surface area contributed by atoms with Crippen molar-refractivity contribution >= 4 is 12.4 Å². The minimum atomic E-state index is -0.391. The monoisotopic (exact) mass is 269 g/mol. The van der Waals surface area contributed by atoms with Crippen molar-refractivity contribution in [2.45, 2.75) is 51.2 Å². The number of aliphatic hydroxyl groups is 1. The molecule has 1 aromatic rings. The van der Waals surface area contributed by atoms with Gasteiger partial charge in [0, 0.05) is 0 Å². The van der Waals surface area contributed by atoms with Gasteiger partial charge in [-0.15, -0.1) is 12.4 Å². The van der Waals surface area contributed by atoms with E-state index in [1.54, 1.807) is 0 Å². The normalized spacial score (nSPS) is 19.9. The maximum Gasteiger partial charge on any atom is 0.0760 e. The molecule has 2 atom stereocenters. The molecule has 1 aliphatic carbocycles. The molecule has 1 fully saturated rings. The highest BCUT2D eigenvalue weighted by molar-refractivity contribution is 5.85. The molecule has 2 nitrogen and oxygen atoms in total. The van der Waals surface area contributed by atoms with E-state index in [1.165, 1.54) is 24.8 Å². The number of aryl methyl sites for hydroxylation is 1. The van der Waals surface area contributed by atoms with Crippen molar-refractivity contribution in [3.8, 4) is 0 Å².